The third kappa shape index (κ3) is 6.87. The third-order valence-electron chi connectivity index (χ3n) is 5.34. The molecule has 0 spiro atoms. The molecular formula is C29H28N4O3. The summed E-state index contributed by atoms with van der Waals surface area (Å²) in [6.07, 6.45) is 7.82. The van der Waals surface area contributed by atoms with Gasteiger partial charge in [0.2, 0.25) is 0 Å². The molecule has 3 aromatic rings. The van der Waals surface area contributed by atoms with Gasteiger partial charge in [0.25, 0.3) is 11.8 Å². The minimum atomic E-state index is -0.299. The van der Waals surface area contributed by atoms with Crippen LogP contribution in [0.2, 0.25) is 0 Å². The molecule has 0 aliphatic rings. The standard InChI is InChI=1S/C29H28N4O3/c1-5-24(31-29(36)23-16-18-30-19-17-23)11-6-20(2)27(34)21-7-12-25(13-8-21)32-28(35)22-9-14-26(15-10-22)33(3)4/h5-19H,1H2,2-4H3,(H,31,36)(H,32,35)/b20-6+,24-11+. The predicted octanol–water partition coefficient (Wildman–Crippen LogP) is 5.03. The second-order valence-electron chi connectivity index (χ2n) is 8.17. The number of carbonyl (C=O) groups excluding carboxylic acids is 3. The van der Waals surface area contributed by atoms with Crippen LogP contribution in [-0.4, -0.2) is 36.7 Å². The fourth-order valence-electron chi connectivity index (χ4n) is 3.20. The Morgan fingerprint density at radius 2 is 1.39 bits per heavy atom. The van der Waals surface area contributed by atoms with Crippen molar-refractivity contribution in [1.82, 2.24) is 10.3 Å². The van der Waals surface area contributed by atoms with Gasteiger partial charge in [-0.05, 0) is 85.3 Å². The number of Topliss-reactive ketones (excluding diaryl/α,β-unsaturated/α-hetero) is 1. The van der Waals surface area contributed by atoms with E-state index in [2.05, 4.69) is 22.2 Å². The lowest BCUT2D eigenvalue weighted by Gasteiger charge is -2.12. The number of hydrogen-bond donors (Lipinski definition) is 2. The van der Waals surface area contributed by atoms with Gasteiger partial charge < -0.3 is 15.5 Å². The van der Waals surface area contributed by atoms with E-state index in [1.807, 2.05) is 31.1 Å². The topological polar surface area (TPSA) is 91.4 Å². The van der Waals surface area contributed by atoms with Crippen LogP contribution >= 0.6 is 0 Å². The molecule has 0 fully saturated rings. The molecular weight excluding hydrogens is 452 g/mol. The number of nitrogens with one attached hydrogen (secondary N) is 2. The molecule has 1 heterocycles. The first-order valence-corrected chi connectivity index (χ1v) is 11.2. The number of aromatic nitrogens is 1. The molecule has 0 radical (unpaired) electrons. The van der Waals surface area contributed by atoms with Crippen LogP contribution in [0.1, 0.15) is 38.0 Å². The Morgan fingerprint density at radius 3 is 1.97 bits per heavy atom. The lowest BCUT2D eigenvalue weighted by molar-refractivity contribution is 0.0965. The van der Waals surface area contributed by atoms with Gasteiger partial charge in [-0.25, -0.2) is 0 Å². The van der Waals surface area contributed by atoms with Crippen LogP contribution in [0, 0.1) is 0 Å². The summed E-state index contributed by atoms with van der Waals surface area (Å²) >= 11 is 0. The average Bonchev–Trinajstić information content (AvgIpc) is 2.91. The van der Waals surface area contributed by atoms with Crippen molar-refractivity contribution in [2.75, 3.05) is 24.3 Å². The Labute approximate surface area is 210 Å². The maximum Gasteiger partial charge on any atom is 0.255 e. The molecule has 182 valence electrons. The Bertz CT molecular complexity index is 1310. The van der Waals surface area contributed by atoms with Gasteiger partial charge in [-0.15, -0.1) is 0 Å². The van der Waals surface area contributed by atoms with Gasteiger partial charge >= 0.3 is 0 Å². The molecule has 0 atom stereocenters. The van der Waals surface area contributed by atoms with E-state index in [0.29, 0.717) is 33.6 Å². The summed E-state index contributed by atoms with van der Waals surface area (Å²) in [6, 6.07) is 17.2. The number of anilines is 2. The molecule has 36 heavy (non-hydrogen) atoms. The second kappa shape index (κ2) is 12.1. The Kier molecular flexibility index (Phi) is 8.67. The lowest BCUT2D eigenvalue weighted by atomic mass is 10.0. The third-order valence-corrected chi connectivity index (χ3v) is 5.34. The van der Waals surface area contributed by atoms with Crippen molar-refractivity contribution in [3.05, 3.63) is 126 Å². The molecule has 0 aliphatic heterocycles. The van der Waals surface area contributed by atoms with Crippen molar-refractivity contribution in [3.8, 4) is 0 Å². The zero-order valence-corrected chi connectivity index (χ0v) is 20.5. The molecule has 0 bridgehead atoms. The fraction of sp³-hybridized carbons (Fsp3) is 0.103. The molecule has 0 saturated heterocycles. The number of allylic oxidation sites excluding steroid dienone is 4. The average molecular weight is 481 g/mol. The Morgan fingerprint density at radius 1 is 0.806 bits per heavy atom. The van der Waals surface area contributed by atoms with E-state index in [9.17, 15) is 14.4 Å². The zero-order valence-electron chi connectivity index (χ0n) is 20.5. The van der Waals surface area contributed by atoms with Crippen LogP contribution < -0.4 is 15.5 Å². The SMILES string of the molecule is C=C/C(=C\C=C(/C)C(=O)c1ccc(NC(=O)c2ccc(N(C)C)cc2)cc1)NC(=O)c1ccncc1. The van der Waals surface area contributed by atoms with Crippen molar-refractivity contribution in [1.29, 1.82) is 0 Å². The zero-order chi connectivity index (χ0) is 26.1. The summed E-state index contributed by atoms with van der Waals surface area (Å²) in [6.45, 7) is 5.40. The number of nitrogens with zero attached hydrogens (tertiary/aromatic N) is 2. The summed E-state index contributed by atoms with van der Waals surface area (Å²) in [5.74, 6) is -0.703. The quantitative estimate of drug-likeness (QED) is 0.255. The van der Waals surface area contributed by atoms with E-state index in [0.717, 1.165) is 5.69 Å². The highest BCUT2D eigenvalue weighted by molar-refractivity contribution is 6.09. The molecule has 1 aromatic heterocycles. The minimum absolute atomic E-state index is 0.174. The van der Waals surface area contributed by atoms with Crippen molar-refractivity contribution >= 4 is 29.0 Å². The number of amides is 2. The molecule has 0 aliphatic carbocycles. The number of ketones is 1. The van der Waals surface area contributed by atoms with Crippen molar-refractivity contribution in [2.45, 2.75) is 6.92 Å². The summed E-state index contributed by atoms with van der Waals surface area (Å²) < 4.78 is 0. The number of carbonyl (C=O) groups is 3. The van der Waals surface area contributed by atoms with E-state index < -0.39 is 0 Å². The highest BCUT2D eigenvalue weighted by Gasteiger charge is 2.10. The molecule has 0 unspecified atom stereocenters. The second-order valence-corrected chi connectivity index (χ2v) is 8.17. The molecule has 2 N–H and O–H groups in total. The Hall–Kier alpha value is -4.78. The number of hydrogen-bond acceptors (Lipinski definition) is 5. The number of benzene rings is 2. The van der Waals surface area contributed by atoms with Crippen molar-refractivity contribution in [2.24, 2.45) is 0 Å². The van der Waals surface area contributed by atoms with E-state index >= 15 is 0 Å². The summed E-state index contributed by atoms with van der Waals surface area (Å²) in [5.41, 5.74) is 4.01. The van der Waals surface area contributed by atoms with Gasteiger partial charge in [-0.1, -0.05) is 12.7 Å². The highest BCUT2D eigenvalue weighted by Crippen LogP contribution is 2.16. The van der Waals surface area contributed by atoms with Crippen molar-refractivity contribution < 1.29 is 14.4 Å². The van der Waals surface area contributed by atoms with Crippen LogP contribution in [0.25, 0.3) is 0 Å². The molecule has 2 amide bonds. The van der Waals surface area contributed by atoms with Crippen LogP contribution in [0.3, 0.4) is 0 Å². The minimum Gasteiger partial charge on any atom is -0.378 e. The first-order valence-electron chi connectivity index (χ1n) is 11.2. The Balaban J connectivity index is 1.63. The molecule has 2 aromatic carbocycles. The lowest BCUT2D eigenvalue weighted by Crippen LogP contribution is -2.21. The fourth-order valence-corrected chi connectivity index (χ4v) is 3.20. The van der Waals surface area contributed by atoms with Gasteiger partial charge in [0, 0.05) is 60.3 Å². The summed E-state index contributed by atoms with van der Waals surface area (Å²) in [4.78, 5) is 43.5. The maximum atomic E-state index is 12.8. The smallest absolute Gasteiger partial charge is 0.255 e. The molecule has 7 nitrogen and oxygen atoms in total. The molecule has 0 saturated carbocycles. The monoisotopic (exact) mass is 480 g/mol. The van der Waals surface area contributed by atoms with Gasteiger partial charge in [-0.3, -0.25) is 19.4 Å². The van der Waals surface area contributed by atoms with E-state index in [1.54, 1.807) is 67.6 Å². The van der Waals surface area contributed by atoms with Crippen molar-refractivity contribution in [3.63, 3.8) is 0 Å². The van der Waals surface area contributed by atoms with Gasteiger partial charge in [0.1, 0.15) is 0 Å². The first-order chi connectivity index (χ1) is 17.3. The highest BCUT2D eigenvalue weighted by atomic mass is 16.2. The normalized spacial score (nSPS) is 11.4. The van der Waals surface area contributed by atoms with Crippen LogP contribution in [0.4, 0.5) is 11.4 Å². The van der Waals surface area contributed by atoms with Gasteiger partial charge in [0.05, 0.1) is 0 Å². The first kappa shape index (κ1) is 25.8. The molecule has 7 heteroatoms. The van der Waals surface area contributed by atoms with Crippen LogP contribution in [-0.2, 0) is 0 Å². The van der Waals surface area contributed by atoms with Crippen LogP contribution in [0.5, 0.6) is 0 Å². The van der Waals surface area contributed by atoms with Gasteiger partial charge in [0.15, 0.2) is 5.78 Å². The van der Waals surface area contributed by atoms with E-state index in [1.165, 1.54) is 18.5 Å². The number of rotatable bonds is 9. The van der Waals surface area contributed by atoms with Gasteiger partial charge in [-0.2, -0.15) is 0 Å². The summed E-state index contributed by atoms with van der Waals surface area (Å²) in [5, 5.41) is 5.58. The molecule has 3 rings (SSSR count). The van der Waals surface area contributed by atoms with E-state index in [-0.39, 0.29) is 17.6 Å². The maximum absolute atomic E-state index is 12.8. The van der Waals surface area contributed by atoms with Crippen LogP contribution in [0.15, 0.2) is 109 Å². The predicted molar refractivity (Wildman–Crippen MR) is 143 cm³/mol. The summed E-state index contributed by atoms with van der Waals surface area (Å²) in [7, 11) is 3.87. The van der Waals surface area contributed by atoms with E-state index in [4.69, 9.17) is 0 Å². The number of pyridine rings is 1. The largest absolute Gasteiger partial charge is 0.378 e.